The van der Waals surface area contributed by atoms with Gasteiger partial charge in [-0.2, -0.15) is 5.10 Å². The van der Waals surface area contributed by atoms with Crippen molar-refractivity contribution in [3.05, 3.63) is 90.1 Å². The molecule has 4 aromatic rings. The fourth-order valence-electron chi connectivity index (χ4n) is 3.88. The first-order valence-corrected chi connectivity index (χ1v) is 11.6. The van der Waals surface area contributed by atoms with E-state index in [-0.39, 0.29) is 11.6 Å². The highest BCUT2D eigenvalue weighted by molar-refractivity contribution is 5.89. The highest BCUT2D eigenvalue weighted by Gasteiger charge is 2.26. The topological polar surface area (TPSA) is 103 Å². The van der Waals surface area contributed by atoms with E-state index in [0.717, 1.165) is 16.5 Å². The van der Waals surface area contributed by atoms with Crippen LogP contribution in [0.5, 0.6) is 5.75 Å². The number of carboxylic acid groups (broad SMARTS) is 1. The van der Waals surface area contributed by atoms with Crippen LogP contribution >= 0.6 is 0 Å². The Morgan fingerprint density at radius 1 is 1.00 bits per heavy atom. The van der Waals surface area contributed by atoms with E-state index in [0.29, 0.717) is 11.4 Å². The molecule has 0 aliphatic rings. The number of hydrogen-bond acceptors (Lipinski definition) is 5. The molecule has 8 nitrogen and oxygen atoms in total. The number of nitrogens with one attached hydrogen (secondary N) is 1. The largest absolute Gasteiger partial charge is 0.484 e. The van der Waals surface area contributed by atoms with Gasteiger partial charge in [-0.1, -0.05) is 36.4 Å². The third kappa shape index (κ3) is 5.83. The summed E-state index contributed by atoms with van der Waals surface area (Å²) >= 11 is 0. The van der Waals surface area contributed by atoms with E-state index in [9.17, 15) is 14.7 Å². The number of aromatic carboxylic acids is 1. The molecule has 1 amide bonds. The van der Waals surface area contributed by atoms with E-state index in [1.54, 1.807) is 35.1 Å². The molecule has 4 rings (SSSR count). The molecule has 2 atom stereocenters. The summed E-state index contributed by atoms with van der Waals surface area (Å²) in [5, 5.41) is 17.5. The number of carbonyl (C=O) groups excluding carboxylic acids is 1. The number of aromatic nitrogens is 2. The molecule has 3 aromatic carbocycles. The van der Waals surface area contributed by atoms with Gasteiger partial charge in [0.1, 0.15) is 17.5 Å². The molecule has 0 unspecified atom stereocenters. The van der Waals surface area contributed by atoms with Gasteiger partial charge in [-0.3, -0.25) is 0 Å². The van der Waals surface area contributed by atoms with Crippen LogP contribution in [0.1, 0.15) is 49.7 Å². The predicted octanol–water partition coefficient (Wildman–Crippen LogP) is 5.76. The normalized spacial score (nSPS) is 13.1. The number of hydrogen-bond donors (Lipinski definition) is 2. The minimum absolute atomic E-state index is 0.188. The number of rotatable bonds is 7. The lowest BCUT2D eigenvalue weighted by Gasteiger charge is -2.28. The molecule has 1 aromatic heterocycles. The van der Waals surface area contributed by atoms with Crippen molar-refractivity contribution in [1.82, 2.24) is 15.1 Å². The molecule has 0 saturated heterocycles. The zero-order valence-electron chi connectivity index (χ0n) is 20.6. The van der Waals surface area contributed by atoms with Crippen molar-refractivity contribution in [2.75, 3.05) is 0 Å². The van der Waals surface area contributed by atoms with E-state index in [2.05, 4.69) is 10.4 Å². The van der Waals surface area contributed by atoms with Gasteiger partial charge >= 0.3 is 12.1 Å². The average molecular weight is 488 g/mol. The summed E-state index contributed by atoms with van der Waals surface area (Å²) < 4.78 is 13.5. The van der Waals surface area contributed by atoms with Crippen LogP contribution in [-0.2, 0) is 4.74 Å². The Kier molecular flexibility index (Phi) is 6.96. The van der Waals surface area contributed by atoms with Gasteiger partial charge in [0.05, 0.1) is 29.0 Å². The maximum absolute atomic E-state index is 12.4. The van der Waals surface area contributed by atoms with E-state index >= 15 is 0 Å². The zero-order chi connectivity index (χ0) is 25.9. The Balaban J connectivity index is 1.60. The van der Waals surface area contributed by atoms with Crippen molar-refractivity contribution >= 4 is 23.0 Å². The van der Waals surface area contributed by atoms with Gasteiger partial charge in [0.15, 0.2) is 0 Å². The van der Waals surface area contributed by atoms with Gasteiger partial charge in [0.2, 0.25) is 0 Å². The Morgan fingerprint density at radius 3 is 2.44 bits per heavy atom. The second-order valence-corrected chi connectivity index (χ2v) is 9.52. The van der Waals surface area contributed by atoms with Crippen molar-refractivity contribution in [2.24, 2.45) is 0 Å². The number of carbonyl (C=O) groups is 2. The van der Waals surface area contributed by atoms with Gasteiger partial charge < -0.3 is 19.9 Å². The fraction of sp³-hybridized carbons (Fsp3) is 0.250. The monoisotopic (exact) mass is 487 g/mol. The van der Waals surface area contributed by atoms with E-state index in [1.165, 1.54) is 0 Å². The number of fused-ring (bicyclic) bond motifs is 1. The summed E-state index contributed by atoms with van der Waals surface area (Å²) in [6, 6.07) is 21.5. The Labute approximate surface area is 209 Å². The highest BCUT2D eigenvalue weighted by Crippen LogP contribution is 2.29. The minimum Gasteiger partial charge on any atom is -0.484 e. The van der Waals surface area contributed by atoms with E-state index in [1.807, 2.05) is 76.2 Å². The third-order valence-electron chi connectivity index (χ3n) is 5.47. The number of amides is 1. The average Bonchev–Trinajstić information content (AvgIpc) is 3.25. The molecule has 0 fully saturated rings. The standard InChI is InChI=1S/C28H29N3O5/c1-18(30-27(34)36-28(2,3)4)25(19-9-6-5-7-10-19)35-23-13-14-24-21(16-23)17-29-31(24)22-12-8-11-20(15-22)26(32)33/h5-18,25H,1-4H3,(H,30,34)(H,32,33)/t18-,25-/m0/s1. The van der Waals surface area contributed by atoms with E-state index in [4.69, 9.17) is 9.47 Å². The number of carboxylic acids is 1. The number of alkyl carbamates (subject to hydrolysis) is 1. The molecule has 2 N–H and O–H groups in total. The molecule has 186 valence electrons. The summed E-state index contributed by atoms with van der Waals surface area (Å²) in [5.74, 6) is -0.391. The Morgan fingerprint density at radius 2 is 1.75 bits per heavy atom. The molecule has 36 heavy (non-hydrogen) atoms. The fourth-order valence-corrected chi connectivity index (χ4v) is 3.88. The molecular weight excluding hydrogens is 458 g/mol. The van der Waals surface area contributed by atoms with Gasteiger partial charge in [0, 0.05) is 5.39 Å². The quantitative estimate of drug-likeness (QED) is 0.344. The van der Waals surface area contributed by atoms with Crippen molar-refractivity contribution < 1.29 is 24.2 Å². The van der Waals surface area contributed by atoms with Crippen LogP contribution in [0.15, 0.2) is 79.0 Å². The van der Waals surface area contributed by atoms with E-state index < -0.39 is 23.8 Å². The molecule has 0 bridgehead atoms. The second kappa shape index (κ2) is 10.1. The van der Waals surface area contributed by atoms with Gasteiger partial charge in [0.25, 0.3) is 0 Å². The summed E-state index contributed by atoms with van der Waals surface area (Å²) in [4.78, 5) is 23.8. The molecule has 0 spiro atoms. The highest BCUT2D eigenvalue weighted by atomic mass is 16.6. The first-order valence-electron chi connectivity index (χ1n) is 11.6. The molecule has 8 heteroatoms. The first-order chi connectivity index (χ1) is 17.1. The predicted molar refractivity (Wildman–Crippen MR) is 137 cm³/mol. The van der Waals surface area contributed by atoms with Crippen LogP contribution in [0.2, 0.25) is 0 Å². The number of benzene rings is 3. The molecular formula is C28H29N3O5. The lowest BCUT2D eigenvalue weighted by atomic mass is 10.0. The molecule has 1 heterocycles. The molecule has 0 aliphatic heterocycles. The maximum Gasteiger partial charge on any atom is 0.408 e. The Hall–Kier alpha value is -4.33. The molecule has 0 aliphatic carbocycles. The van der Waals surface area contributed by atoms with Crippen LogP contribution in [0.25, 0.3) is 16.6 Å². The van der Waals surface area contributed by atoms with Gasteiger partial charge in [-0.15, -0.1) is 0 Å². The van der Waals surface area contributed by atoms with Gasteiger partial charge in [-0.05, 0) is 69.7 Å². The first kappa shape index (κ1) is 24.8. The smallest absolute Gasteiger partial charge is 0.408 e. The lowest BCUT2D eigenvalue weighted by Crippen LogP contribution is -2.42. The molecule has 0 radical (unpaired) electrons. The number of ether oxygens (including phenoxy) is 2. The van der Waals surface area contributed by atoms with Crippen LogP contribution in [-0.4, -0.2) is 38.6 Å². The minimum atomic E-state index is -0.995. The van der Waals surface area contributed by atoms with Crippen molar-refractivity contribution in [2.45, 2.75) is 45.4 Å². The molecule has 0 saturated carbocycles. The Bertz CT molecular complexity index is 1370. The van der Waals surface area contributed by atoms with Crippen molar-refractivity contribution in [3.63, 3.8) is 0 Å². The number of nitrogens with zero attached hydrogens (tertiary/aromatic N) is 2. The van der Waals surface area contributed by atoms with Crippen molar-refractivity contribution in [3.8, 4) is 11.4 Å². The third-order valence-corrected chi connectivity index (χ3v) is 5.47. The summed E-state index contributed by atoms with van der Waals surface area (Å²) in [6.07, 6.45) is 0.716. The second-order valence-electron chi connectivity index (χ2n) is 9.52. The van der Waals surface area contributed by atoms with Gasteiger partial charge in [-0.25, -0.2) is 14.3 Å². The SMILES string of the molecule is C[C@H](NC(=O)OC(C)(C)C)[C@H](Oc1ccc2c(cnn2-c2cccc(C(=O)O)c2)c1)c1ccccc1. The zero-order valence-corrected chi connectivity index (χ0v) is 20.6. The summed E-state index contributed by atoms with van der Waals surface area (Å²) in [5.41, 5.74) is 1.94. The van der Waals surface area contributed by atoms with Crippen LogP contribution in [0, 0.1) is 0 Å². The van der Waals surface area contributed by atoms with Crippen LogP contribution < -0.4 is 10.1 Å². The van der Waals surface area contributed by atoms with Crippen LogP contribution in [0.3, 0.4) is 0 Å². The maximum atomic E-state index is 12.4. The van der Waals surface area contributed by atoms with Crippen molar-refractivity contribution in [1.29, 1.82) is 0 Å². The summed E-state index contributed by atoms with van der Waals surface area (Å²) in [6.45, 7) is 7.31. The lowest BCUT2D eigenvalue weighted by molar-refractivity contribution is 0.0454. The van der Waals surface area contributed by atoms with Crippen LogP contribution in [0.4, 0.5) is 4.79 Å². The summed E-state index contributed by atoms with van der Waals surface area (Å²) in [7, 11) is 0.